The van der Waals surface area contributed by atoms with Crippen LogP contribution in [0.4, 0.5) is 4.39 Å². The normalized spacial score (nSPS) is 21.7. The fourth-order valence-electron chi connectivity index (χ4n) is 4.14. The van der Waals surface area contributed by atoms with Crippen LogP contribution in [-0.2, 0) is 4.79 Å². The number of H-pyrrole nitrogens is 1. The summed E-state index contributed by atoms with van der Waals surface area (Å²) in [7, 11) is 0. The van der Waals surface area contributed by atoms with Crippen molar-refractivity contribution in [2.24, 2.45) is 0 Å². The first-order valence-corrected chi connectivity index (χ1v) is 9.86. The maximum atomic E-state index is 15.1. The molecule has 0 radical (unpaired) electrons. The summed E-state index contributed by atoms with van der Waals surface area (Å²) in [5.74, 6) is 0.237. The molecule has 1 saturated heterocycles. The standard InChI is InChI=1S/C21H20FN5O3/c1-12(20-24-9-10-29-20)30-21-18(22)14(7-8-23-21)15-11-25-19(26-15)16-6-5-13-3-2-4-17(28)27(13)16/h2,4,7-13,16H,3,5-6H2,1H3,(H,25,26)/t12-,13?,16?/m1/s1. The van der Waals surface area contributed by atoms with Crippen LogP contribution in [0.15, 0.2) is 47.5 Å². The number of halogens is 1. The third-order valence-corrected chi connectivity index (χ3v) is 5.57. The summed E-state index contributed by atoms with van der Waals surface area (Å²) in [6.45, 7) is 1.70. The van der Waals surface area contributed by atoms with Gasteiger partial charge in [-0.25, -0.2) is 19.3 Å². The average Bonchev–Trinajstić information content (AvgIpc) is 3.50. The van der Waals surface area contributed by atoms with Gasteiger partial charge in [0.1, 0.15) is 12.1 Å². The molecule has 1 amide bonds. The number of hydrogen-bond acceptors (Lipinski definition) is 6. The van der Waals surface area contributed by atoms with Gasteiger partial charge >= 0.3 is 0 Å². The molecule has 0 spiro atoms. The highest BCUT2D eigenvalue weighted by Crippen LogP contribution is 2.39. The lowest BCUT2D eigenvalue weighted by molar-refractivity contribution is -0.129. The number of rotatable bonds is 5. The molecule has 5 rings (SSSR count). The van der Waals surface area contributed by atoms with E-state index in [4.69, 9.17) is 9.15 Å². The molecule has 2 unspecified atom stereocenters. The van der Waals surface area contributed by atoms with Crippen LogP contribution in [0.25, 0.3) is 11.3 Å². The number of aromatic nitrogens is 4. The Kier molecular flexibility index (Phi) is 4.57. The molecule has 0 aromatic carbocycles. The highest BCUT2D eigenvalue weighted by molar-refractivity contribution is 5.89. The number of pyridine rings is 1. The van der Waals surface area contributed by atoms with Crippen molar-refractivity contribution in [1.82, 2.24) is 24.8 Å². The van der Waals surface area contributed by atoms with Crippen molar-refractivity contribution in [3.05, 3.63) is 60.6 Å². The van der Waals surface area contributed by atoms with E-state index in [0.29, 0.717) is 17.4 Å². The Morgan fingerprint density at radius 2 is 2.20 bits per heavy atom. The minimum Gasteiger partial charge on any atom is -0.463 e. The van der Waals surface area contributed by atoms with Crippen molar-refractivity contribution in [2.45, 2.75) is 44.4 Å². The molecule has 3 atom stereocenters. The van der Waals surface area contributed by atoms with Gasteiger partial charge in [-0.15, -0.1) is 0 Å². The second-order valence-corrected chi connectivity index (χ2v) is 7.42. The first-order chi connectivity index (χ1) is 14.6. The van der Waals surface area contributed by atoms with E-state index in [9.17, 15) is 4.79 Å². The van der Waals surface area contributed by atoms with Gasteiger partial charge in [0, 0.05) is 17.8 Å². The number of ether oxygens (including phenoxy) is 1. The molecule has 154 valence electrons. The van der Waals surface area contributed by atoms with E-state index in [-0.39, 0.29) is 29.4 Å². The maximum absolute atomic E-state index is 15.1. The summed E-state index contributed by atoms with van der Waals surface area (Å²) in [5.41, 5.74) is 0.791. The molecule has 9 heteroatoms. The Balaban J connectivity index is 1.40. The van der Waals surface area contributed by atoms with E-state index in [2.05, 4.69) is 19.9 Å². The number of amides is 1. The van der Waals surface area contributed by atoms with Crippen molar-refractivity contribution in [2.75, 3.05) is 0 Å². The summed E-state index contributed by atoms with van der Waals surface area (Å²) < 4.78 is 25.9. The second kappa shape index (κ2) is 7.40. The number of carbonyl (C=O) groups excluding carboxylic acids is 1. The molecule has 5 heterocycles. The van der Waals surface area contributed by atoms with Crippen molar-refractivity contribution in [3.63, 3.8) is 0 Å². The molecule has 3 aromatic heterocycles. The molecule has 3 aromatic rings. The lowest BCUT2D eigenvalue weighted by Crippen LogP contribution is -2.38. The fraction of sp³-hybridized carbons (Fsp3) is 0.333. The molecule has 0 bridgehead atoms. The van der Waals surface area contributed by atoms with E-state index in [1.807, 2.05) is 11.0 Å². The van der Waals surface area contributed by atoms with Gasteiger partial charge in [0.15, 0.2) is 11.9 Å². The molecule has 1 N–H and O–H groups in total. The Morgan fingerprint density at radius 3 is 3.03 bits per heavy atom. The van der Waals surface area contributed by atoms with E-state index in [1.165, 1.54) is 18.7 Å². The summed E-state index contributed by atoms with van der Waals surface area (Å²) in [5, 5.41) is 0. The highest BCUT2D eigenvalue weighted by atomic mass is 19.1. The number of oxazole rings is 1. The quantitative estimate of drug-likeness (QED) is 0.690. The molecule has 2 aliphatic heterocycles. The first kappa shape index (κ1) is 18.5. The van der Waals surface area contributed by atoms with Gasteiger partial charge in [-0.05, 0) is 38.3 Å². The second-order valence-electron chi connectivity index (χ2n) is 7.42. The van der Waals surface area contributed by atoms with Gasteiger partial charge in [0.25, 0.3) is 5.88 Å². The van der Waals surface area contributed by atoms with Crippen LogP contribution in [0.3, 0.4) is 0 Å². The predicted octanol–water partition coefficient (Wildman–Crippen LogP) is 3.73. The molecular weight excluding hydrogens is 389 g/mol. The van der Waals surface area contributed by atoms with Crippen molar-refractivity contribution >= 4 is 5.91 Å². The highest BCUT2D eigenvalue weighted by Gasteiger charge is 2.39. The summed E-state index contributed by atoms with van der Waals surface area (Å²) >= 11 is 0. The Labute approximate surface area is 171 Å². The van der Waals surface area contributed by atoms with Gasteiger partial charge < -0.3 is 19.0 Å². The SMILES string of the molecule is C[C@@H](Oc1nccc(-c2cnc(C3CCC4CC=CC(=O)N43)[nH]2)c1F)c1ncco1. The first-order valence-electron chi connectivity index (χ1n) is 9.86. The molecular formula is C21H20FN5O3. The van der Waals surface area contributed by atoms with Crippen molar-refractivity contribution < 1.29 is 18.3 Å². The summed E-state index contributed by atoms with van der Waals surface area (Å²) in [6.07, 6.45) is 11.5. The van der Waals surface area contributed by atoms with Crippen LogP contribution < -0.4 is 4.74 Å². The monoisotopic (exact) mass is 409 g/mol. The molecule has 0 aliphatic carbocycles. The third kappa shape index (κ3) is 3.16. The van der Waals surface area contributed by atoms with Gasteiger partial charge in [-0.3, -0.25) is 4.79 Å². The van der Waals surface area contributed by atoms with E-state index >= 15 is 4.39 Å². The predicted molar refractivity (Wildman–Crippen MR) is 104 cm³/mol. The van der Waals surface area contributed by atoms with E-state index in [1.54, 1.807) is 25.3 Å². The Morgan fingerprint density at radius 1 is 1.30 bits per heavy atom. The molecule has 2 aliphatic rings. The van der Waals surface area contributed by atoms with E-state index < -0.39 is 11.9 Å². The van der Waals surface area contributed by atoms with Crippen molar-refractivity contribution in [1.29, 1.82) is 0 Å². The summed E-state index contributed by atoms with van der Waals surface area (Å²) in [6, 6.07) is 1.63. The van der Waals surface area contributed by atoms with Crippen LogP contribution in [0.2, 0.25) is 0 Å². The molecule has 1 fully saturated rings. The Bertz CT molecular complexity index is 1090. The minimum atomic E-state index is -0.604. The number of imidazole rings is 1. The van der Waals surface area contributed by atoms with Crippen LogP contribution in [0, 0.1) is 5.82 Å². The molecule has 8 nitrogen and oxygen atoms in total. The van der Waals surface area contributed by atoms with Crippen LogP contribution in [0.1, 0.15) is 50.0 Å². The van der Waals surface area contributed by atoms with E-state index in [0.717, 1.165) is 19.3 Å². The van der Waals surface area contributed by atoms with Gasteiger partial charge in [-0.2, -0.15) is 0 Å². The topological polar surface area (TPSA) is 97.1 Å². The number of carbonyl (C=O) groups is 1. The minimum absolute atomic E-state index is 0.00185. The Hall–Kier alpha value is -3.49. The van der Waals surface area contributed by atoms with Crippen LogP contribution in [-0.4, -0.2) is 36.8 Å². The zero-order valence-electron chi connectivity index (χ0n) is 16.3. The lowest BCUT2D eigenvalue weighted by Gasteiger charge is -2.30. The summed E-state index contributed by atoms with van der Waals surface area (Å²) in [4.78, 5) is 29.9. The molecule has 0 saturated carbocycles. The van der Waals surface area contributed by atoms with Crippen molar-refractivity contribution in [3.8, 4) is 17.1 Å². The number of fused-ring (bicyclic) bond motifs is 1. The molecule has 30 heavy (non-hydrogen) atoms. The number of aromatic amines is 1. The fourth-order valence-corrected chi connectivity index (χ4v) is 4.14. The average molecular weight is 409 g/mol. The van der Waals surface area contributed by atoms with Crippen LogP contribution in [0.5, 0.6) is 5.88 Å². The lowest BCUT2D eigenvalue weighted by atomic mass is 10.1. The number of nitrogens with one attached hydrogen (secondary N) is 1. The number of nitrogens with zero attached hydrogens (tertiary/aromatic N) is 4. The van der Waals surface area contributed by atoms with Gasteiger partial charge in [-0.1, -0.05) is 6.08 Å². The van der Waals surface area contributed by atoms with Gasteiger partial charge in [0.05, 0.1) is 24.1 Å². The maximum Gasteiger partial charge on any atom is 0.251 e. The largest absolute Gasteiger partial charge is 0.463 e. The van der Waals surface area contributed by atoms with Gasteiger partial charge in [0.2, 0.25) is 11.8 Å². The third-order valence-electron chi connectivity index (χ3n) is 5.57. The van der Waals surface area contributed by atoms with Crippen LogP contribution >= 0.6 is 0 Å². The number of hydrogen-bond donors (Lipinski definition) is 1. The zero-order chi connectivity index (χ0) is 20.7. The zero-order valence-corrected chi connectivity index (χ0v) is 16.3. The smallest absolute Gasteiger partial charge is 0.251 e.